The average molecular weight is 445 g/mol. The van der Waals surface area contributed by atoms with E-state index in [1.165, 1.54) is 12.5 Å². The van der Waals surface area contributed by atoms with Crippen LogP contribution >= 0.6 is 11.7 Å². The van der Waals surface area contributed by atoms with E-state index in [1.54, 1.807) is 12.1 Å². The number of amides is 1. The molecule has 0 spiro atoms. The van der Waals surface area contributed by atoms with Gasteiger partial charge in [0.25, 0.3) is 0 Å². The lowest BCUT2D eigenvalue weighted by molar-refractivity contribution is -0.123. The molecule has 1 amide bonds. The molecule has 7 nitrogen and oxygen atoms in total. The summed E-state index contributed by atoms with van der Waals surface area (Å²) in [7, 11) is -3.97. The van der Waals surface area contributed by atoms with Gasteiger partial charge < -0.3 is 5.32 Å². The molecule has 4 rings (SSSR count). The number of hydrogen-bond donors (Lipinski definition) is 2. The number of rotatable bonds is 7. The number of sulfonamides is 1. The molecule has 158 valence electrons. The van der Waals surface area contributed by atoms with Gasteiger partial charge in [-0.15, -0.1) is 0 Å². The van der Waals surface area contributed by atoms with Gasteiger partial charge in [-0.05, 0) is 37.0 Å². The first kappa shape index (κ1) is 20.9. The molecule has 30 heavy (non-hydrogen) atoms. The topological polar surface area (TPSA) is 101 Å². The van der Waals surface area contributed by atoms with Gasteiger partial charge in [0.2, 0.25) is 15.9 Å². The molecule has 1 aromatic heterocycles. The Hall–Kier alpha value is -2.36. The lowest BCUT2D eigenvalue weighted by Crippen LogP contribution is -2.51. The first-order chi connectivity index (χ1) is 14.5. The van der Waals surface area contributed by atoms with Crippen molar-refractivity contribution in [1.29, 1.82) is 0 Å². The third-order valence-electron chi connectivity index (χ3n) is 5.39. The third-order valence-corrected chi connectivity index (χ3v) is 7.43. The SMILES string of the molecule is O=C(NC1CCCCC1)[C@@H](Cc1ccccc1)NS(=O)(=O)c1cccc2nsnc12. The van der Waals surface area contributed by atoms with Crippen LogP contribution in [0.25, 0.3) is 11.0 Å². The smallest absolute Gasteiger partial charge is 0.243 e. The number of carbonyl (C=O) groups excluding carboxylic acids is 1. The zero-order valence-corrected chi connectivity index (χ0v) is 18.1. The van der Waals surface area contributed by atoms with Crippen LogP contribution in [0.5, 0.6) is 0 Å². The van der Waals surface area contributed by atoms with Crippen molar-refractivity contribution >= 4 is 38.7 Å². The van der Waals surface area contributed by atoms with E-state index in [0.717, 1.165) is 43.0 Å². The summed E-state index contributed by atoms with van der Waals surface area (Å²) in [4.78, 5) is 13.1. The fourth-order valence-corrected chi connectivity index (χ4v) is 5.80. The zero-order valence-electron chi connectivity index (χ0n) is 16.5. The van der Waals surface area contributed by atoms with Crippen LogP contribution in [0, 0.1) is 0 Å². The molecule has 2 N–H and O–H groups in total. The Morgan fingerprint density at radius 2 is 1.80 bits per heavy atom. The van der Waals surface area contributed by atoms with E-state index >= 15 is 0 Å². The van der Waals surface area contributed by atoms with Crippen LogP contribution < -0.4 is 10.0 Å². The fraction of sp³-hybridized carbons (Fsp3) is 0.381. The Kier molecular flexibility index (Phi) is 6.40. The minimum atomic E-state index is -3.97. The Labute approximate surface area is 180 Å². The highest BCUT2D eigenvalue weighted by Crippen LogP contribution is 2.22. The van der Waals surface area contributed by atoms with Gasteiger partial charge in [-0.1, -0.05) is 55.7 Å². The monoisotopic (exact) mass is 444 g/mol. The molecule has 1 atom stereocenters. The molecule has 0 saturated heterocycles. The Balaban J connectivity index is 1.59. The van der Waals surface area contributed by atoms with E-state index in [9.17, 15) is 13.2 Å². The molecule has 1 saturated carbocycles. The molecule has 0 radical (unpaired) electrons. The molecular weight excluding hydrogens is 420 g/mol. The summed E-state index contributed by atoms with van der Waals surface area (Å²) in [5.74, 6) is -0.294. The van der Waals surface area contributed by atoms with E-state index in [2.05, 4.69) is 18.8 Å². The van der Waals surface area contributed by atoms with Crippen LogP contribution in [0.15, 0.2) is 53.4 Å². The van der Waals surface area contributed by atoms with Crippen molar-refractivity contribution in [3.63, 3.8) is 0 Å². The van der Waals surface area contributed by atoms with Crippen molar-refractivity contribution in [1.82, 2.24) is 18.8 Å². The van der Waals surface area contributed by atoms with E-state index in [4.69, 9.17) is 0 Å². The molecule has 0 aliphatic heterocycles. The second-order valence-electron chi connectivity index (χ2n) is 7.60. The molecule has 1 heterocycles. The number of nitrogens with zero attached hydrogens (tertiary/aromatic N) is 2. The summed E-state index contributed by atoms with van der Waals surface area (Å²) >= 11 is 0.963. The maximum atomic E-state index is 13.2. The molecule has 1 aliphatic carbocycles. The van der Waals surface area contributed by atoms with Crippen molar-refractivity contribution in [3.8, 4) is 0 Å². The molecule has 3 aromatic rings. The fourth-order valence-electron chi connectivity index (χ4n) is 3.84. The average Bonchev–Trinajstić information content (AvgIpc) is 3.23. The van der Waals surface area contributed by atoms with Gasteiger partial charge in [0.05, 0.1) is 11.7 Å². The van der Waals surface area contributed by atoms with Crippen molar-refractivity contribution < 1.29 is 13.2 Å². The molecule has 0 unspecified atom stereocenters. The van der Waals surface area contributed by atoms with Crippen LogP contribution in [0.2, 0.25) is 0 Å². The summed E-state index contributed by atoms with van der Waals surface area (Å²) in [6.45, 7) is 0. The number of fused-ring (bicyclic) bond motifs is 1. The van der Waals surface area contributed by atoms with Crippen LogP contribution in [0.4, 0.5) is 0 Å². The van der Waals surface area contributed by atoms with Gasteiger partial charge in [-0.25, -0.2) is 8.42 Å². The first-order valence-corrected chi connectivity index (χ1v) is 12.3. The maximum absolute atomic E-state index is 13.2. The van der Waals surface area contributed by atoms with E-state index in [1.807, 2.05) is 30.3 Å². The van der Waals surface area contributed by atoms with Crippen LogP contribution in [0.3, 0.4) is 0 Å². The maximum Gasteiger partial charge on any atom is 0.243 e. The van der Waals surface area contributed by atoms with Gasteiger partial charge >= 0.3 is 0 Å². The second kappa shape index (κ2) is 9.20. The standard InChI is InChI=1S/C21H24N4O3S2/c26-21(22-16-10-5-2-6-11-16)18(14-15-8-3-1-4-9-15)25-30(27,28)19-13-7-12-17-20(19)24-29-23-17/h1,3-4,7-9,12-13,16,18,25H,2,5-6,10-11,14H2,(H,22,26)/t18-/m1/s1. The summed E-state index contributed by atoms with van der Waals surface area (Å²) in [6, 6.07) is 13.4. The van der Waals surface area contributed by atoms with Gasteiger partial charge in [0.1, 0.15) is 22.0 Å². The van der Waals surface area contributed by atoms with E-state index < -0.39 is 16.1 Å². The number of nitrogens with one attached hydrogen (secondary N) is 2. The summed E-state index contributed by atoms with van der Waals surface area (Å²) in [5, 5.41) is 3.05. The normalized spacial score (nSPS) is 16.4. The highest BCUT2D eigenvalue weighted by molar-refractivity contribution is 7.89. The van der Waals surface area contributed by atoms with Crippen LogP contribution in [-0.4, -0.2) is 35.2 Å². The largest absolute Gasteiger partial charge is 0.352 e. The molecule has 9 heteroatoms. The van der Waals surface area contributed by atoms with Crippen LogP contribution in [-0.2, 0) is 21.2 Å². The summed E-state index contributed by atoms with van der Waals surface area (Å²) in [5.41, 5.74) is 1.73. The van der Waals surface area contributed by atoms with Crippen molar-refractivity contribution in [2.45, 2.75) is 55.5 Å². The highest BCUT2D eigenvalue weighted by atomic mass is 32.2. The lowest BCUT2D eigenvalue weighted by atomic mass is 9.95. The van der Waals surface area contributed by atoms with E-state index in [-0.39, 0.29) is 23.3 Å². The number of hydrogen-bond acceptors (Lipinski definition) is 6. The van der Waals surface area contributed by atoms with E-state index in [0.29, 0.717) is 11.0 Å². The minimum absolute atomic E-state index is 0.0391. The molecular formula is C21H24N4O3S2. The quantitative estimate of drug-likeness (QED) is 0.583. The lowest BCUT2D eigenvalue weighted by Gasteiger charge is -2.26. The van der Waals surface area contributed by atoms with Gasteiger partial charge in [0, 0.05) is 6.04 Å². The number of aromatic nitrogens is 2. The summed E-state index contributed by atoms with van der Waals surface area (Å²) in [6.07, 6.45) is 5.47. The van der Waals surface area contributed by atoms with Crippen LogP contribution in [0.1, 0.15) is 37.7 Å². The Morgan fingerprint density at radius 3 is 2.57 bits per heavy atom. The first-order valence-electron chi connectivity index (χ1n) is 10.1. The predicted molar refractivity (Wildman–Crippen MR) is 117 cm³/mol. The van der Waals surface area contributed by atoms with Crippen molar-refractivity contribution in [2.24, 2.45) is 0 Å². The Morgan fingerprint density at radius 1 is 1.03 bits per heavy atom. The number of benzene rings is 2. The van der Waals surface area contributed by atoms with Gasteiger partial charge in [-0.3, -0.25) is 4.79 Å². The second-order valence-corrected chi connectivity index (χ2v) is 9.81. The number of carbonyl (C=O) groups is 1. The van der Waals surface area contributed by atoms with Gasteiger partial charge in [0.15, 0.2) is 0 Å². The zero-order chi connectivity index (χ0) is 21.0. The van der Waals surface area contributed by atoms with Gasteiger partial charge in [-0.2, -0.15) is 13.5 Å². The minimum Gasteiger partial charge on any atom is -0.352 e. The summed E-state index contributed by atoms with van der Waals surface area (Å²) < 4.78 is 37.2. The molecule has 1 aliphatic rings. The molecule has 2 aromatic carbocycles. The predicted octanol–water partition coefficient (Wildman–Crippen LogP) is 3.03. The highest BCUT2D eigenvalue weighted by Gasteiger charge is 2.29. The Bertz CT molecular complexity index is 1110. The molecule has 1 fully saturated rings. The van der Waals surface area contributed by atoms with Crippen molar-refractivity contribution in [2.75, 3.05) is 0 Å². The molecule has 0 bridgehead atoms. The third kappa shape index (κ3) is 4.85. The van der Waals surface area contributed by atoms with Crippen molar-refractivity contribution in [3.05, 3.63) is 54.1 Å².